The summed E-state index contributed by atoms with van der Waals surface area (Å²) in [4.78, 5) is 15.8. The van der Waals surface area contributed by atoms with Crippen LogP contribution in [0.3, 0.4) is 0 Å². The van der Waals surface area contributed by atoms with Crippen LogP contribution in [-0.2, 0) is 6.54 Å². The number of anilines is 2. The number of hydrogen-bond acceptors (Lipinski definition) is 8. The Balaban J connectivity index is 1.19. The van der Waals surface area contributed by atoms with E-state index in [-0.39, 0.29) is 0 Å². The summed E-state index contributed by atoms with van der Waals surface area (Å²) in [6.45, 7) is 5.53. The number of methoxy groups -OCH3 is 1. The van der Waals surface area contributed by atoms with Gasteiger partial charge in [0.15, 0.2) is 0 Å². The Bertz CT molecular complexity index is 1460. The van der Waals surface area contributed by atoms with Gasteiger partial charge in [-0.05, 0) is 30.2 Å². The van der Waals surface area contributed by atoms with E-state index in [0.29, 0.717) is 31.0 Å². The highest BCUT2D eigenvalue weighted by Crippen LogP contribution is 2.33. The summed E-state index contributed by atoms with van der Waals surface area (Å²) < 4.78 is 20.8. The van der Waals surface area contributed by atoms with Gasteiger partial charge in [-0.1, -0.05) is 6.07 Å². The summed E-state index contributed by atoms with van der Waals surface area (Å²) in [5, 5.41) is 14.1. The summed E-state index contributed by atoms with van der Waals surface area (Å²) in [5.41, 5.74) is 5.08. The fourth-order valence-electron chi connectivity index (χ4n) is 5.29. The first-order chi connectivity index (χ1) is 18.6. The molecular formula is C28H29FN8O. The lowest BCUT2D eigenvalue weighted by molar-refractivity contribution is 0.249. The van der Waals surface area contributed by atoms with Crippen molar-refractivity contribution in [1.29, 1.82) is 5.26 Å². The fourth-order valence-corrected chi connectivity index (χ4v) is 5.29. The molecule has 0 bridgehead atoms. The van der Waals surface area contributed by atoms with Crippen molar-refractivity contribution < 1.29 is 9.13 Å². The molecule has 194 valence electrons. The van der Waals surface area contributed by atoms with Crippen LogP contribution < -0.4 is 14.5 Å². The van der Waals surface area contributed by atoms with Crippen molar-refractivity contribution in [2.75, 3.05) is 56.2 Å². The number of pyridine rings is 3. The minimum absolute atomic E-state index is 0.371. The predicted molar refractivity (Wildman–Crippen MR) is 143 cm³/mol. The van der Waals surface area contributed by atoms with Crippen molar-refractivity contribution in [2.45, 2.75) is 19.1 Å². The van der Waals surface area contributed by atoms with Crippen LogP contribution in [0.5, 0.6) is 5.88 Å². The highest BCUT2D eigenvalue weighted by molar-refractivity contribution is 5.86. The third kappa shape index (κ3) is 4.73. The van der Waals surface area contributed by atoms with Gasteiger partial charge in [-0.15, -0.1) is 0 Å². The molecule has 2 aliphatic rings. The van der Waals surface area contributed by atoms with Crippen LogP contribution in [0.1, 0.15) is 17.5 Å². The maximum Gasteiger partial charge on any atom is 0.212 e. The fraction of sp³-hybridized carbons (Fsp3) is 0.357. The summed E-state index contributed by atoms with van der Waals surface area (Å²) >= 11 is 0. The molecule has 4 aromatic rings. The van der Waals surface area contributed by atoms with Crippen LogP contribution in [-0.4, -0.2) is 77.0 Å². The number of hydrogen-bond donors (Lipinski definition) is 0. The number of nitriles is 1. The number of ether oxygens (including phenoxy) is 1. The van der Waals surface area contributed by atoms with Crippen LogP contribution >= 0.6 is 0 Å². The summed E-state index contributed by atoms with van der Waals surface area (Å²) in [6.07, 6.45) is 6.89. The van der Waals surface area contributed by atoms with Gasteiger partial charge in [-0.25, -0.2) is 18.9 Å². The molecule has 6 heterocycles. The van der Waals surface area contributed by atoms with E-state index >= 15 is 0 Å². The summed E-state index contributed by atoms with van der Waals surface area (Å²) in [7, 11) is 1.62. The molecule has 0 unspecified atom stereocenters. The Morgan fingerprint density at radius 2 is 1.89 bits per heavy atom. The average molecular weight is 513 g/mol. The Morgan fingerprint density at radius 1 is 1.03 bits per heavy atom. The minimum Gasteiger partial charge on any atom is -0.481 e. The molecule has 2 aliphatic heterocycles. The lowest BCUT2D eigenvalue weighted by Crippen LogP contribution is -2.46. The zero-order chi connectivity index (χ0) is 26.1. The molecule has 9 nitrogen and oxygen atoms in total. The van der Waals surface area contributed by atoms with Gasteiger partial charge in [0.25, 0.3) is 0 Å². The van der Waals surface area contributed by atoms with Crippen molar-refractivity contribution in [1.82, 2.24) is 24.5 Å². The van der Waals surface area contributed by atoms with Gasteiger partial charge in [-0.3, -0.25) is 4.90 Å². The second kappa shape index (κ2) is 10.3. The Kier molecular flexibility index (Phi) is 6.52. The van der Waals surface area contributed by atoms with E-state index in [9.17, 15) is 9.65 Å². The molecule has 0 aromatic carbocycles. The molecule has 0 spiro atoms. The lowest BCUT2D eigenvalue weighted by atomic mass is 10.0. The Morgan fingerprint density at radius 3 is 2.55 bits per heavy atom. The van der Waals surface area contributed by atoms with E-state index in [1.165, 1.54) is 5.56 Å². The van der Waals surface area contributed by atoms with Crippen molar-refractivity contribution in [3.8, 4) is 23.1 Å². The highest BCUT2D eigenvalue weighted by Gasteiger charge is 2.24. The molecule has 4 aromatic heterocycles. The van der Waals surface area contributed by atoms with E-state index in [1.807, 2.05) is 47.8 Å². The molecule has 0 saturated carbocycles. The molecule has 0 aliphatic carbocycles. The van der Waals surface area contributed by atoms with E-state index in [2.05, 4.69) is 32.0 Å². The first kappa shape index (κ1) is 24.1. The third-order valence-corrected chi connectivity index (χ3v) is 7.38. The van der Waals surface area contributed by atoms with Gasteiger partial charge < -0.3 is 14.5 Å². The second-order valence-corrected chi connectivity index (χ2v) is 9.78. The van der Waals surface area contributed by atoms with Crippen LogP contribution in [0.4, 0.5) is 15.9 Å². The number of rotatable bonds is 6. The third-order valence-electron chi connectivity index (χ3n) is 7.38. The lowest BCUT2D eigenvalue weighted by Gasteiger charge is -2.35. The predicted octanol–water partition coefficient (Wildman–Crippen LogP) is 3.54. The van der Waals surface area contributed by atoms with Crippen molar-refractivity contribution in [3.05, 3.63) is 66.2 Å². The van der Waals surface area contributed by atoms with E-state index in [1.54, 1.807) is 17.8 Å². The van der Waals surface area contributed by atoms with Crippen molar-refractivity contribution >= 4 is 17.0 Å². The molecule has 1 atom stereocenters. The number of halogens is 1. The molecular weight excluding hydrogens is 483 g/mol. The molecule has 10 heteroatoms. The monoisotopic (exact) mass is 512 g/mol. The summed E-state index contributed by atoms with van der Waals surface area (Å²) in [6, 6.07) is 12.3. The molecule has 2 saturated heterocycles. The van der Waals surface area contributed by atoms with Gasteiger partial charge >= 0.3 is 0 Å². The van der Waals surface area contributed by atoms with E-state index < -0.39 is 6.17 Å². The topological polar surface area (TPSA) is 85.8 Å². The quantitative estimate of drug-likeness (QED) is 0.388. The van der Waals surface area contributed by atoms with E-state index in [0.717, 1.165) is 60.9 Å². The number of piperazine rings is 1. The largest absolute Gasteiger partial charge is 0.481 e. The van der Waals surface area contributed by atoms with Gasteiger partial charge in [0.1, 0.15) is 18.1 Å². The number of fused-ring (bicyclic) bond motifs is 1. The zero-order valence-electron chi connectivity index (χ0n) is 21.3. The molecule has 0 N–H and O–H groups in total. The Labute approximate surface area is 220 Å². The van der Waals surface area contributed by atoms with Crippen molar-refractivity contribution in [3.63, 3.8) is 0 Å². The van der Waals surface area contributed by atoms with E-state index in [4.69, 9.17) is 9.72 Å². The number of nitrogens with zero attached hydrogens (tertiary/aromatic N) is 8. The molecule has 0 radical (unpaired) electrons. The maximum atomic E-state index is 13.9. The number of aromatic nitrogens is 4. The highest BCUT2D eigenvalue weighted by atomic mass is 19.1. The normalized spacial score (nSPS) is 18.2. The van der Waals surface area contributed by atoms with Gasteiger partial charge in [0.05, 0.1) is 36.3 Å². The first-order valence-electron chi connectivity index (χ1n) is 12.8. The Hall–Kier alpha value is -4.23. The SMILES string of the molecule is COc1ccc(CN2CCN(c3ccc(-c4cc(N5CC[C@@H](F)C5)cn5ncc(C#N)c45)cn3)CC2)cn1. The molecule has 38 heavy (non-hydrogen) atoms. The van der Waals surface area contributed by atoms with Crippen molar-refractivity contribution in [2.24, 2.45) is 0 Å². The van der Waals surface area contributed by atoms with Gasteiger partial charge in [0.2, 0.25) is 5.88 Å². The molecule has 2 fully saturated rings. The molecule has 0 amide bonds. The average Bonchev–Trinajstić information content (AvgIpc) is 3.59. The van der Waals surface area contributed by atoms with Crippen LogP contribution in [0.2, 0.25) is 0 Å². The first-order valence-corrected chi connectivity index (χ1v) is 12.8. The zero-order valence-corrected chi connectivity index (χ0v) is 21.3. The number of alkyl halides is 1. The standard InChI is InChI=1S/C28H29FN8O/c1-38-27-5-2-20(14-32-27)17-34-8-10-35(11-9-34)26-4-3-21(15-31-26)25-12-24(36-7-6-23(29)18-36)19-37-28(25)22(13-30)16-33-37/h2-5,12,14-16,19,23H,6-11,17-18H2,1H3/t23-/m1/s1. The minimum atomic E-state index is -0.823. The van der Waals surface area contributed by atoms with Crippen LogP contribution in [0, 0.1) is 11.3 Å². The van der Waals surface area contributed by atoms with Gasteiger partial charge in [0, 0.05) is 75.4 Å². The molecule has 6 rings (SSSR count). The smallest absolute Gasteiger partial charge is 0.212 e. The second-order valence-electron chi connectivity index (χ2n) is 9.78. The van der Waals surface area contributed by atoms with Gasteiger partial charge in [-0.2, -0.15) is 10.4 Å². The summed E-state index contributed by atoms with van der Waals surface area (Å²) in [5.74, 6) is 1.56. The maximum absolute atomic E-state index is 13.9. The van der Waals surface area contributed by atoms with Crippen LogP contribution in [0.25, 0.3) is 16.6 Å². The van der Waals surface area contributed by atoms with Crippen LogP contribution in [0.15, 0.2) is 55.1 Å².